The first-order valence-corrected chi connectivity index (χ1v) is 9.04. The van der Waals surface area contributed by atoms with Crippen LogP contribution in [0.15, 0.2) is 78.9 Å². The van der Waals surface area contributed by atoms with Gasteiger partial charge in [-0.1, -0.05) is 54.6 Å². The molecule has 28 heavy (non-hydrogen) atoms. The molecule has 5 nitrogen and oxygen atoms in total. The Kier molecular flexibility index (Phi) is 6.07. The van der Waals surface area contributed by atoms with Crippen molar-refractivity contribution in [3.63, 3.8) is 0 Å². The van der Waals surface area contributed by atoms with Gasteiger partial charge in [0.05, 0.1) is 6.54 Å². The number of hydrogen-bond donors (Lipinski definition) is 2. The van der Waals surface area contributed by atoms with Crippen LogP contribution in [0.4, 0.5) is 11.4 Å². The van der Waals surface area contributed by atoms with Crippen molar-refractivity contribution in [3.05, 3.63) is 84.4 Å². The average Bonchev–Trinajstić information content (AvgIpc) is 2.73. The van der Waals surface area contributed by atoms with Gasteiger partial charge in [-0.25, -0.2) is 0 Å². The maximum atomic E-state index is 12.4. The minimum Gasteiger partial charge on any atom is -0.376 e. The van der Waals surface area contributed by atoms with Gasteiger partial charge in [0.1, 0.15) is 0 Å². The molecule has 0 heterocycles. The fourth-order valence-electron chi connectivity index (χ4n) is 2.86. The topological polar surface area (TPSA) is 61.4 Å². The minimum atomic E-state index is -0.160. The van der Waals surface area contributed by atoms with E-state index in [9.17, 15) is 9.59 Å². The molecule has 3 aromatic carbocycles. The monoisotopic (exact) mass is 373 g/mol. The van der Waals surface area contributed by atoms with Crippen molar-refractivity contribution in [1.82, 2.24) is 4.90 Å². The largest absolute Gasteiger partial charge is 0.376 e. The van der Waals surface area contributed by atoms with E-state index >= 15 is 0 Å². The number of carbonyl (C=O) groups excluding carboxylic acids is 2. The molecule has 0 radical (unpaired) electrons. The van der Waals surface area contributed by atoms with Crippen LogP contribution in [0.2, 0.25) is 0 Å². The first-order chi connectivity index (χ1) is 13.5. The van der Waals surface area contributed by atoms with E-state index in [1.807, 2.05) is 60.7 Å². The number of nitrogens with one attached hydrogen (secondary N) is 2. The van der Waals surface area contributed by atoms with E-state index in [0.29, 0.717) is 5.56 Å². The van der Waals surface area contributed by atoms with Gasteiger partial charge in [-0.15, -0.1) is 0 Å². The molecule has 0 saturated carbocycles. The van der Waals surface area contributed by atoms with Crippen LogP contribution in [-0.4, -0.2) is 37.4 Å². The van der Waals surface area contributed by atoms with E-state index in [-0.39, 0.29) is 18.4 Å². The first-order valence-electron chi connectivity index (χ1n) is 9.04. The minimum absolute atomic E-state index is 0.0788. The molecule has 0 aromatic heterocycles. The predicted molar refractivity (Wildman–Crippen MR) is 113 cm³/mol. The van der Waals surface area contributed by atoms with Crippen LogP contribution in [0.25, 0.3) is 11.1 Å². The molecule has 142 valence electrons. The zero-order valence-corrected chi connectivity index (χ0v) is 16.0. The van der Waals surface area contributed by atoms with Crippen LogP contribution >= 0.6 is 0 Å². The number of anilines is 2. The molecule has 0 saturated heterocycles. The number of hydrogen-bond acceptors (Lipinski definition) is 3. The number of rotatable bonds is 6. The van der Waals surface area contributed by atoms with Crippen molar-refractivity contribution < 1.29 is 9.59 Å². The van der Waals surface area contributed by atoms with Crippen LogP contribution in [-0.2, 0) is 4.79 Å². The summed E-state index contributed by atoms with van der Waals surface area (Å²) in [7, 11) is 3.42. The first kappa shape index (κ1) is 19.2. The Balaban J connectivity index is 1.66. The highest BCUT2D eigenvalue weighted by Gasteiger charge is 2.10. The van der Waals surface area contributed by atoms with Crippen molar-refractivity contribution in [2.75, 3.05) is 31.3 Å². The van der Waals surface area contributed by atoms with Gasteiger partial charge in [0.15, 0.2) is 0 Å². The van der Waals surface area contributed by atoms with E-state index < -0.39 is 0 Å². The molecule has 5 heteroatoms. The van der Waals surface area contributed by atoms with E-state index in [0.717, 1.165) is 22.5 Å². The molecule has 3 aromatic rings. The van der Waals surface area contributed by atoms with Crippen molar-refractivity contribution in [2.45, 2.75) is 0 Å². The highest BCUT2D eigenvalue weighted by molar-refractivity contribution is 5.98. The number of nitrogens with zero attached hydrogens (tertiary/aromatic N) is 1. The van der Waals surface area contributed by atoms with Crippen molar-refractivity contribution in [3.8, 4) is 11.1 Å². The second-order valence-corrected chi connectivity index (χ2v) is 6.59. The molecule has 0 unspecified atom stereocenters. The molecule has 0 aliphatic heterocycles. The molecule has 2 amide bonds. The quantitative estimate of drug-likeness (QED) is 0.684. The van der Waals surface area contributed by atoms with Crippen LogP contribution in [0.5, 0.6) is 0 Å². The average molecular weight is 373 g/mol. The highest BCUT2D eigenvalue weighted by Crippen LogP contribution is 2.27. The number of benzene rings is 3. The van der Waals surface area contributed by atoms with Crippen LogP contribution in [0.3, 0.4) is 0 Å². The summed E-state index contributed by atoms with van der Waals surface area (Å²) in [5.41, 5.74) is 4.07. The normalized spacial score (nSPS) is 10.2. The molecular weight excluding hydrogens is 350 g/mol. The van der Waals surface area contributed by atoms with Gasteiger partial charge in [-0.05, 0) is 29.8 Å². The third-order valence-electron chi connectivity index (χ3n) is 4.25. The second-order valence-electron chi connectivity index (χ2n) is 6.59. The van der Waals surface area contributed by atoms with Gasteiger partial charge in [-0.3, -0.25) is 9.59 Å². The number of amides is 2. The Morgan fingerprint density at radius 1 is 0.857 bits per heavy atom. The van der Waals surface area contributed by atoms with E-state index in [4.69, 9.17) is 0 Å². The Hall–Kier alpha value is -3.60. The fraction of sp³-hybridized carbons (Fsp3) is 0.130. The van der Waals surface area contributed by atoms with Gasteiger partial charge < -0.3 is 15.5 Å². The smallest absolute Gasteiger partial charge is 0.253 e. The third-order valence-corrected chi connectivity index (χ3v) is 4.25. The SMILES string of the molecule is CN(C)C(=O)c1cccc(NCC(=O)Nc2ccccc2-c2ccccc2)c1. The summed E-state index contributed by atoms with van der Waals surface area (Å²) in [4.78, 5) is 26.0. The molecule has 0 fully saturated rings. The Bertz CT molecular complexity index is 968. The third kappa shape index (κ3) is 4.76. The van der Waals surface area contributed by atoms with E-state index in [1.54, 1.807) is 32.3 Å². The molecule has 0 aliphatic carbocycles. The lowest BCUT2D eigenvalue weighted by molar-refractivity contribution is -0.114. The molecule has 0 bridgehead atoms. The van der Waals surface area contributed by atoms with Gasteiger partial charge in [0.25, 0.3) is 5.91 Å². The summed E-state index contributed by atoms with van der Waals surface area (Å²) in [6, 6.07) is 24.8. The van der Waals surface area contributed by atoms with Crippen LogP contribution in [0, 0.1) is 0 Å². The Labute approximate surface area is 165 Å². The molecule has 3 rings (SSSR count). The van der Waals surface area contributed by atoms with Gasteiger partial charge in [0, 0.05) is 36.6 Å². The fourth-order valence-corrected chi connectivity index (χ4v) is 2.86. The summed E-state index contributed by atoms with van der Waals surface area (Å²) >= 11 is 0. The summed E-state index contributed by atoms with van der Waals surface area (Å²) in [5.74, 6) is -0.238. The molecule has 0 aliphatic rings. The summed E-state index contributed by atoms with van der Waals surface area (Å²) in [6.45, 7) is 0.0999. The van der Waals surface area contributed by atoms with Crippen LogP contribution in [0.1, 0.15) is 10.4 Å². The van der Waals surface area contributed by atoms with Gasteiger partial charge >= 0.3 is 0 Å². The molecule has 2 N–H and O–H groups in total. The zero-order chi connectivity index (χ0) is 19.9. The van der Waals surface area contributed by atoms with Crippen LogP contribution < -0.4 is 10.6 Å². The van der Waals surface area contributed by atoms with Gasteiger partial charge in [0.2, 0.25) is 5.91 Å². The molecule has 0 spiro atoms. The predicted octanol–water partition coefficient (Wildman–Crippen LogP) is 4.11. The lowest BCUT2D eigenvalue weighted by Gasteiger charge is -2.13. The zero-order valence-electron chi connectivity index (χ0n) is 16.0. The maximum absolute atomic E-state index is 12.4. The highest BCUT2D eigenvalue weighted by atomic mass is 16.2. The van der Waals surface area contributed by atoms with Crippen molar-refractivity contribution in [1.29, 1.82) is 0 Å². The number of carbonyl (C=O) groups is 2. The molecule has 0 atom stereocenters. The molecular formula is C23H23N3O2. The number of para-hydroxylation sites is 1. The van der Waals surface area contributed by atoms with Crippen molar-refractivity contribution >= 4 is 23.2 Å². The maximum Gasteiger partial charge on any atom is 0.253 e. The second kappa shape index (κ2) is 8.86. The van der Waals surface area contributed by atoms with E-state index in [1.165, 1.54) is 4.90 Å². The summed E-state index contributed by atoms with van der Waals surface area (Å²) in [5, 5.41) is 6.03. The summed E-state index contributed by atoms with van der Waals surface area (Å²) < 4.78 is 0. The van der Waals surface area contributed by atoms with E-state index in [2.05, 4.69) is 10.6 Å². The standard InChI is InChI=1S/C23H23N3O2/c1-26(2)23(28)18-11-8-12-19(15-18)24-16-22(27)25-21-14-7-6-13-20(21)17-9-4-3-5-10-17/h3-15,24H,16H2,1-2H3,(H,25,27). The van der Waals surface area contributed by atoms with Crippen molar-refractivity contribution in [2.24, 2.45) is 0 Å². The van der Waals surface area contributed by atoms with Gasteiger partial charge in [-0.2, -0.15) is 0 Å². The lowest BCUT2D eigenvalue weighted by Crippen LogP contribution is -2.23. The Morgan fingerprint density at radius 2 is 1.57 bits per heavy atom. The Morgan fingerprint density at radius 3 is 2.32 bits per heavy atom. The lowest BCUT2D eigenvalue weighted by atomic mass is 10.0. The summed E-state index contributed by atoms with van der Waals surface area (Å²) in [6.07, 6.45) is 0.